The average molecular weight is 388 g/mol. The van der Waals surface area contributed by atoms with Gasteiger partial charge in [0.1, 0.15) is 5.75 Å². The average Bonchev–Trinajstić information content (AvgIpc) is 2.71. The van der Waals surface area contributed by atoms with E-state index in [0.29, 0.717) is 37.7 Å². The van der Waals surface area contributed by atoms with E-state index >= 15 is 0 Å². The predicted octanol–water partition coefficient (Wildman–Crippen LogP) is 1.80. The van der Waals surface area contributed by atoms with Crippen molar-refractivity contribution in [3.8, 4) is 11.8 Å². The molecular weight excluding hydrogens is 368 g/mol. The minimum absolute atomic E-state index is 0.0423. The Hall–Kier alpha value is -2.65. The standard InChI is InChI=1S/C18H20N4O4S/c23-16(12-27-13-17(24)22-8-10-25-11-9-22)21-14-2-4-15(5-3-14)26-18-19-6-1-7-20-18/h1-7H,8-13H2,(H,21,23). The van der Waals surface area contributed by atoms with Crippen LogP contribution in [0.1, 0.15) is 0 Å². The second kappa shape index (κ2) is 9.89. The number of amides is 2. The first kappa shape index (κ1) is 19.1. The van der Waals surface area contributed by atoms with Gasteiger partial charge in [0, 0.05) is 31.2 Å². The molecule has 2 amide bonds. The van der Waals surface area contributed by atoms with Gasteiger partial charge in [-0.1, -0.05) is 0 Å². The van der Waals surface area contributed by atoms with Gasteiger partial charge in [0.05, 0.1) is 24.7 Å². The van der Waals surface area contributed by atoms with Gasteiger partial charge in [-0.2, -0.15) is 0 Å². The molecule has 3 rings (SSSR count). The summed E-state index contributed by atoms with van der Waals surface area (Å²) in [6.45, 7) is 2.39. The van der Waals surface area contributed by atoms with Crippen molar-refractivity contribution in [2.45, 2.75) is 0 Å². The summed E-state index contributed by atoms with van der Waals surface area (Å²) < 4.78 is 10.7. The van der Waals surface area contributed by atoms with Crippen LogP contribution in [0.3, 0.4) is 0 Å². The molecule has 0 aliphatic carbocycles. The van der Waals surface area contributed by atoms with E-state index in [1.165, 1.54) is 11.8 Å². The van der Waals surface area contributed by atoms with Crippen LogP contribution in [0.15, 0.2) is 42.7 Å². The second-order valence-corrected chi connectivity index (χ2v) is 6.68. The molecule has 0 spiro atoms. The van der Waals surface area contributed by atoms with Crippen LogP contribution in [-0.4, -0.2) is 64.5 Å². The maximum absolute atomic E-state index is 12.0. The Kier molecular flexibility index (Phi) is 7.00. The van der Waals surface area contributed by atoms with Gasteiger partial charge in [-0.05, 0) is 30.3 Å². The summed E-state index contributed by atoms with van der Waals surface area (Å²) in [6.07, 6.45) is 3.19. The highest BCUT2D eigenvalue weighted by Crippen LogP contribution is 2.20. The highest BCUT2D eigenvalue weighted by Gasteiger charge is 2.17. The summed E-state index contributed by atoms with van der Waals surface area (Å²) in [5.41, 5.74) is 0.654. The monoisotopic (exact) mass is 388 g/mol. The summed E-state index contributed by atoms with van der Waals surface area (Å²) in [7, 11) is 0. The van der Waals surface area contributed by atoms with Gasteiger partial charge in [-0.3, -0.25) is 9.59 Å². The van der Waals surface area contributed by atoms with Crippen molar-refractivity contribution in [3.05, 3.63) is 42.7 Å². The van der Waals surface area contributed by atoms with Crippen LogP contribution in [-0.2, 0) is 14.3 Å². The van der Waals surface area contributed by atoms with Gasteiger partial charge in [0.2, 0.25) is 11.8 Å². The van der Waals surface area contributed by atoms with E-state index in [0.717, 1.165) is 0 Å². The lowest BCUT2D eigenvalue weighted by molar-refractivity contribution is -0.132. The lowest BCUT2D eigenvalue weighted by atomic mass is 10.3. The number of carbonyl (C=O) groups is 2. The van der Waals surface area contributed by atoms with Crippen molar-refractivity contribution in [2.75, 3.05) is 43.1 Å². The lowest BCUT2D eigenvalue weighted by Crippen LogP contribution is -2.41. The number of thioether (sulfide) groups is 1. The maximum Gasteiger partial charge on any atom is 0.321 e. The number of anilines is 1. The highest BCUT2D eigenvalue weighted by atomic mass is 32.2. The number of hydrogen-bond donors (Lipinski definition) is 1. The van der Waals surface area contributed by atoms with E-state index in [2.05, 4.69) is 15.3 Å². The first-order valence-corrected chi connectivity index (χ1v) is 9.64. The first-order valence-electron chi connectivity index (χ1n) is 8.49. The fourth-order valence-electron chi connectivity index (χ4n) is 2.38. The van der Waals surface area contributed by atoms with Gasteiger partial charge in [0.25, 0.3) is 0 Å². The Morgan fingerprint density at radius 3 is 2.52 bits per heavy atom. The van der Waals surface area contributed by atoms with Crippen molar-refractivity contribution in [3.63, 3.8) is 0 Å². The quantitative estimate of drug-likeness (QED) is 0.773. The molecule has 1 fully saturated rings. The van der Waals surface area contributed by atoms with Crippen molar-refractivity contribution >= 4 is 29.3 Å². The van der Waals surface area contributed by atoms with Crippen molar-refractivity contribution in [1.29, 1.82) is 0 Å². The molecule has 0 radical (unpaired) electrons. The topological polar surface area (TPSA) is 93.7 Å². The van der Waals surface area contributed by atoms with E-state index in [9.17, 15) is 9.59 Å². The van der Waals surface area contributed by atoms with E-state index in [-0.39, 0.29) is 29.3 Å². The molecule has 1 aliphatic heterocycles. The normalized spacial score (nSPS) is 13.9. The Bertz CT molecular complexity index is 752. The van der Waals surface area contributed by atoms with E-state index < -0.39 is 0 Å². The minimum atomic E-state index is -0.158. The van der Waals surface area contributed by atoms with Crippen LogP contribution in [0.25, 0.3) is 0 Å². The Balaban J connectivity index is 1.39. The molecule has 142 valence electrons. The molecule has 1 aliphatic rings. The molecular formula is C18H20N4O4S. The third kappa shape index (κ3) is 6.22. The summed E-state index contributed by atoms with van der Waals surface area (Å²) in [4.78, 5) is 33.8. The van der Waals surface area contributed by atoms with Crippen LogP contribution in [0.4, 0.5) is 5.69 Å². The van der Waals surface area contributed by atoms with Crippen molar-refractivity contribution in [2.24, 2.45) is 0 Å². The number of morpholine rings is 1. The smallest absolute Gasteiger partial charge is 0.321 e. The zero-order chi connectivity index (χ0) is 18.9. The first-order chi connectivity index (χ1) is 13.2. The van der Waals surface area contributed by atoms with Crippen molar-refractivity contribution < 1.29 is 19.1 Å². The van der Waals surface area contributed by atoms with Crippen LogP contribution in [0.2, 0.25) is 0 Å². The molecule has 0 bridgehead atoms. The number of aromatic nitrogens is 2. The fourth-order valence-corrected chi connectivity index (χ4v) is 3.10. The van der Waals surface area contributed by atoms with Crippen LogP contribution in [0, 0.1) is 0 Å². The van der Waals surface area contributed by atoms with E-state index in [1.54, 1.807) is 47.6 Å². The maximum atomic E-state index is 12.0. The summed E-state index contributed by atoms with van der Waals surface area (Å²) >= 11 is 1.30. The van der Waals surface area contributed by atoms with E-state index in [4.69, 9.17) is 9.47 Å². The highest BCUT2D eigenvalue weighted by molar-refractivity contribution is 8.00. The van der Waals surface area contributed by atoms with E-state index in [1.807, 2.05) is 0 Å². The molecule has 1 aromatic carbocycles. The number of carbonyl (C=O) groups excluding carboxylic acids is 2. The van der Waals surface area contributed by atoms with Gasteiger partial charge < -0.3 is 19.7 Å². The molecule has 0 unspecified atom stereocenters. The molecule has 0 saturated carbocycles. The third-order valence-corrected chi connectivity index (χ3v) is 4.63. The largest absolute Gasteiger partial charge is 0.424 e. The molecule has 0 atom stereocenters. The molecule has 1 N–H and O–H groups in total. The zero-order valence-electron chi connectivity index (χ0n) is 14.7. The Labute approximate surface area is 161 Å². The zero-order valence-corrected chi connectivity index (χ0v) is 15.5. The molecule has 1 aromatic heterocycles. The van der Waals surface area contributed by atoms with Gasteiger partial charge in [-0.15, -0.1) is 11.8 Å². The van der Waals surface area contributed by atoms with Crippen LogP contribution in [0.5, 0.6) is 11.8 Å². The Morgan fingerprint density at radius 2 is 1.81 bits per heavy atom. The number of benzene rings is 1. The molecule has 2 aromatic rings. The molecule has 1 saturated heterocycles. The molecule has 27 heavy (non-hydrogen) atoms. The van der Waals surface area contributed by atoms with Crippen LogP contribution >= 0.6 is 11.8 Å². The number of nitrogens with zero attached hydrogens (tertiary/aromatic N) is 3. The van der Waals surface area contributed by atoms with Crippen LogP contribution < -0.4 is 10.1 Å². The van der Waals surface area contributed by atoms with Gasteiger partial charge in [0.15, 0.2) is 0 Å². The number of rotatable bonds is 7. The fraction of sp³-hybridized carbons (Fsp3) is 0.333. The SMILES string of the molecule is O=C(CSCC(=O)N1CCOCC1)Nc1ccc(Oc2ncccn2)cc1. The Morgan fingerprint density at radius 1 is 1.11 bits per heavy atom. The number of ether oxygens (including phenoxy) is 2. The summed E-state index contributed by atoms with van der Waals surface area (Å²) in [5.74, 6) is 0.962. The van der Waals surface area contributed by atoms with Gasteiger partial charge >= 0.3 is 6.01 Å². The molecule has 2 heterocycles. The second-order valence-electron chi connectivity index (χ2n) is 5.69. The minimum Gasteiger partial charge on any atom is -0.424 e. The number of nitrogens with one attached hydrogen (secondary N) is 1. The molecule has 9 heteroatoms. The predicted molar refractivity (Wildman–Crippen MR) is 102 cm³/mol. The summed E-state index contributed by atoms with van der Waals surface area (Å²) in [6, 6.07) is 8.88. The summed E-state index contributed by atoms with van der Waals surface area (Å²) in [5, 5.41) is 2.79. The lowest BCUT2D eigenvalue weighted by Gasteiger charge is -2.26. The van der Waals surface area contributed by atoms with Gasteiger partial charge in [-0.25, -0.2) is 9.97 Å². The van der Waals surface area contributed by atoms with Crippen molar-refractivity contribution in [1.82, 2.24) is 14.9 Å². The number of hydrogen-bond acceptors (Lipinski definition) is 7. The third-order valence-electron chi connectivity index (χ3n) is 3.71. The molecule has 8 nitrogen and oxygen atoms in total.